The molecule has 1 amide bonds. The predicted octanol–water partition coefficient (Wildman–Crippen LogP) is 2.90. The van der Waals surface area contributed by atoms with Crippen molar-refractivity contribution in [1.82, 2.24) is 20.4 Å². The summed E-state index contributed by atoms with van der Waals surface area (Å²) in [5, 5.41) is 10.6. The van der Waals surface area contributed by atoms with Gasteiger partial charge in [-0.15, -0.1) is 0 Å². The molecule has 0 radical (unpaired) electrons. The lowest BCUT2D eigenvalue weighted by atomic mass is 10.1. The van der Waals surface area contributed by atoms with Crippen LogP contribution in [-0.4, -0.2) is 34.1 Å². The van der Waals surface area contributed by atoms with E-state index >= 15 is 0 Å². The van der Waals surface area contributed by atoms with E-state index in [1.165, 1.54) is 5.56 Å². The fourth-order valence-electron chi connectivity index (χ4n) is 2.22. The number of unbranched alkanes of at least 4 members (excludes halogenated alkanes) is 1. The van der Waals surface area contributed by atoms with E-state index in [4.69, 9.17) is 4.74 Å². The van der Waals surface area contributed by atoms with Crippen molar-refractivity contribution in [3.63, 3.8) is 0 Å². The van der Waals surface area contributed by atoms with Crippen LogP contribution in [0.15, 0.2) is 6.20 Å². The van der Waals surface area contributed by atoms with E-state index in [0.717, 1.165) is 31.5 Å². The van der Waals surface area contributed by atoms with Crippen LogP contribution in [0.3, 0.4) is 0 Å². The molecule has 0 saturated heterocycles. The molecule has 132 valence electrons. The van der Waals surface area contributed by atoms with Crippen LogP contribution in [0.25, 0.3) is 0 Å². The van der Waals surface area contributed by atoms with Crippen molar-refractivity contribution in [2.75, 3.05) is 6.54 Å². The minimum atomic E-state index is -0.469. The van der Waals surface area contributed by atoms with Crippen molar-refractivity contribution in [2.45, 2.75) is 72.1 Å². The fraction of sp³-hybridized carbons (Fsp3) is 0.765. The number of rotatable bonds is 8. The Hall–Kier alpha value is -1.56. The van der Waals surface area contributed by atoms with E-state index in [0.29, 0.717) is 6.54 Å². The number of carbonyl (C=O) groups is 1. The number of amides is 1. The van der Waals surface area contributed by atoms with Gasteiger partial charge in [-0.25, -0.2) is 4.79 Å². The van der Waals surface area contributed by atoms with Gasteiger partial charge in [-0.05, 0) is 34.1 Å². The second kappa shape index (κ2) is 8.91. The molecule has 0 aliphatic rings. The molecule has 1 unspecified atom stereocenters. The molecule has 0 saturated carbocycles. The van der Waals surface area contributed by atoms with Gasteiger partial charge < -0.3 is 15.4 Å². The Bertz CT molecular complexity index is 491. The van der Waals surface area contributed by atoms with Crippen LogP contribution in [0.1, 0.15) is 58.2 Å². The molecular weight excluding hydrogens is 292 g/mol. The number of hydrogen-bond donors (Lipinski definition) is 2. The number of nitrogens with one attached hydrogen (secondary N) is 2. The summed E-state index contributed by atoms with van der Waals surface area (Å²) in [6.07, 6.45) is 4.81. The van der Waals surface area contributed by atoms with E-state index in [-0.39, 0.29) is 12.1 Å². The van der Waals surface area contributed by atoms with Crippen LogP contribution in [0, 0.1) is 6.92 Å². The summed E-state index contributed by atoms with van der Waals surface area (Å²) in [4.78, 5) is 11.8. The SMILES string of the molecule is CCCCC(CNC(=O)OC(C)(C)C)NCc1cnn(C)c1C. The van der Waals surface area contributed by atoms with Crippen molar-refractivity contribution in [3.05, 3.63) is 17.5 Å². The molecule has 1 rings (SSSR count). The third-order valence-corrected chi connectivity index (χ3v) is 3.72. The monoisotopic (exact) mass is 324 g/mol. The molecule has 6 nitrogen and oxygen atoms in total. The molecule has 23 heavy (non-hydrogen) atoms. The van der Waals surface area contributed by atoms with Gasteiger partial charge in [0.15, 0.2) is 0 Å². The summed E-state index contributed by atoms with van der Waals surface area (Å²) in [5.41, 5.74) is 1.88. The average Bonchev–Trinajstić information content (AvgIpc) is 2.76. The minimum Gasteiger partial charge on any atom is -0.444 e. The lowest BCUT2D eigenvalue weighted by Gasteiger charge is -2.22. The second-order valence-electron chi connectivity index (χ2n) is 6.98. The quantitative estimate of drug-likeness (QED) is 0.771. The van der Waals surface area contributed by atoms with E-state index in [9.17, 15) is 4.79 Å². The maximum absolute atomic E-state index is 11.8. The minimum absolute atomic E-state index is 0.224. The highest BCUT2D eigenvalue weighted by molar-refractivity contribution is 5.67. The molecule has 0 aliphatic heterocycles. The van der Waals surface area contributed by atoms with Crippen molar-refractivity contribution in [3.8, 4) is 0 Å². The van der Waals surface area contributed by atoms with Crippen LogP contribution in [0.4, 0.5) is 4.79 Å². The standard InChI is InChI=1S/C17H32N4O2/c1-7-8-9-15(12-19-16(22)23-17(3,4)5)18-10-14-11-20-21(6)13(14)2/h11,15,18H,7-10,12H2,1-6H3,(H,19,22). The highest BCUT2D eigenvalue weighted by atomic mass is 16.6. The van der Waals surface area contributed by atoms with Gasteiger partial charge in [0.2, 0.25) is 0 Å². The number of aryl methyl sites for hydroxylation is 1. The fourth-order valence-corrected chi connectivity index (χ4v) is 2.22. The zero-order valence-corrected chi connectivity index (χ0v) is 15.4. The van der Waals surface area contributed by atoms with Crippen molar-refractivity contribution in [2.24, 2.45) is 7.05 Å². The number of aromatic nitrogens is 2. The molecule has 0 spiro atoms. The summed E-state index contributed by atoms with van der Waals surface area (Å²) >= 11 is 0. The number of carbonyl (C=O) groups excluding carboxylic acids is 1. The van der Waals surface area contributed by atoms with E-state index in [1.54, 1.807) is 0 Å². The average molecular weight is 324 g/mol. The van der Waals surface area contributed by atoms with Gasteiger partial charge in [0.1, 0.15) is 5.60 Å². The van der Waals surface area contributed by atoms with Crippen LogP contribution in [-0.2, 0) is 18.3 Å². The Morgan fingerprint density at radius 3 is 2.65 bits per heavy atom. The molecular formula is C17H32N4O2. The van der Waals surface area contributed by atoms with Gasteiger partial charge >= 0.3 is 6.09 Å². The van der Waals surface area contributed by atoms with Crippen LogP contribution >= 0.6 is 0 Å². The van der Waals surface area contributed by atoms with E-state index in [1.807, 2.05) is 38.7 Å². The van der Waals surface area contributed by atoms with Gasteiger partial charge in [0, 0.05) is 37.4 Å². The van der Waals surface area contributed by atoms with Gasteiger partial charge in [0.05, 0.1) is 6.20 Å². The zero-order valence-electron chi connectivity index (χ0n) is 15.4. The smallest absolute Gasteiger partial charge is 0.407 e. The molecule has 0 fully saturated rings. The second-order valence-corrected chi connectivity index (χ2v) is 6.98. The normalized spacial score (nSPS) is 13.0. The first kappa shape index (κ1) is 19.5. The molecule has 1 aromatic heterocycles. The highest BCUT2D eigenvalue weighted by Crippen LogP contribution is 2.08. The number of ether oxygens (including phenoxy) is 1. The number of alkyl carbamates (subject to hydrolysis) is 1. The Morgan fingerprint density at radius 1 is 1.43 bits per heavy atom. The zero-order chi connectivity index (χ0) is 17.5. The van der Waals surface area contributed by atoms with Crippen LogP contribution < -0.4 is 10.6 Å². The van der Waals surface area contributed by atoms with Crippen molar-refractivity contribution in [1.29, 1.82) is 0 Å². The van der Waals surface area contributed by atoms with Crippen molar-refractivity contribution < 1.29 is 9.53 Å². The molecule has 0 bridgehead atoms. The van der Waals surface area contributed by atoms with Gasteiger partial charge in [-0.2, -0.15) is 5.10 Å². The Kier molecular flexibility index (Phi) is 7.55. The Labute approximate surface area is 140 Å². The molecule has 0 aromatic carbocycles. The lowest BCUT2D eigenvalue weighted by molar-refractivity contribution is 0.0521. The first-order chi connectivity index (χ1) is 10.7. The van der Waals surface area contributed by atoms with E-state index < -0.39 is 5.60 Å². The van der Waals surface area contributed by atoms with Crippen LogP contribution in [0.5, 0.6) is 0 Å². The molecule has 1 atom stereocenters. The van der Waals surface area contributed by atoms with Gasteiger partial charge in [-0.3, -0.25) is 4.68 Å². The number of hydrogen-bond acceptors (Lipinski definition) is 4. The van der Waals surface area contributed by atoms with E-state index in [2.05, 4.69) is 29.6 Å². The highest BCUT2D eigenvalue weighted by Gasteiger charge is 2.17. The van der Waals surface area contributed by atoms with Gasteiger partial charge in [-0.1, -0.05) is 19.8 Å². The molecule has 2 N–H and O–H groups in total. The maximum atomic E-state index is 11.8. The molecule has 6 heteroatoms. The number of nitrogens with zero attached hydrogens (tertiary/aromatic N) is 2. The predicted molar refractivity (Wildman–Crippen MR) is 92.3 cm³/mol. The topological polar surface area (TPSA) is 68.2 Å². The summed E-state index contributed by atoms with van der Waals surface area (Å²) in [6.45, 7) is 11.1. The summed E-state index contributed by atoms with van der Waals surface area (Å²) in [7, 11) is 1.94. The maximum Gasteiger partial charge on any atom is 0.407 e. The first-order valence-corrected chi connectivity index (χ1v) is 8.40. The first-order valence-electron chi connectivity index (χ1n) is 8.40. The van der Waals surface area contributed by atoms with Crippen LogP contribution in [0.2, 0.25) is 0 Å². The third-order valence-electron chi connectivity index (χ3n) is 3.72. The molecule has 1 aromatic rings. The molecule has 1 heterocycles. The summed E-state index contributed by atoms with van der Waals surface area (Å²) in [6, 6.07) is 0.224. The lowest BCUT2D eigenvalue weighted by Crippen LogP contribution is -2.42. The molecule has 0 aliphatic carbocycles. The van der Waals surface area contributed by atoms with Crippen molar-refractivity contribution >= 4 is 6.09 Å². The summed E-state index contributed by atoms with van der Waals surface area (Å²) in [5.74, 6) is 0. The van der Waals surface area contributed by atoms with Gasteiger partial charge in [0.25, 0.3) is 0 Å². The third kappa shape index (κ3) is 7.50. The Morgan fingerprint density at radius 2 is 2.13 bits per heavy atom. The Balaban J connectivity index is 2.48. The largest absolute Gasteiger partial charge is 0.444 e. The summed E-state index contributed by atoms with van der Waals surface area (Å²) < 4.78 is 7.16.